The molecule has 0 saturated carbocycles. The quantitative estimate of drug-likeness (QED) is 0.902. The van der Waals surface area contributed by atoms with Gasteiger partial charge in [0.1, 0.15) is 15.6 Å². The second kappa shape index (κ2) is 6.24. The lowest BCUT2D eigenvalue weighted by molar-refractivity contribution is 0.0700. The summed E-state index contributed by atoms with van der Waals surface area (Å²) in [6.45, 7) is 1.99. The Balaban J connectivity index is 2.44. The molecule has 0 bridgehead atoms. The molecule has 6 heteroatoms. The predicted octanol–water partition coefficient (Wildman–Crippen LogP) is 4.12. The van der Waals surface area contributed by atoms with Crippen LogP contribution in [0.25, 0.3) is 10.6 Å². The number of aryl methyl sites for hydroxylation is 1. The molecule has 1 aromatic heterocycles. The van der Waals surface area contributed by atoms with E-state index in [1.807, 2.05) is 13.0 Å². The van der Waals surface area contributed by atoms with Crippen LogP contribution in [0.4, 0.5) is 0 Å². The summed E-state index contributed by atoms with van der Waals surface area (Å²) in [4.78, 5) is 16.0. The number of carbonyl (C=O) groups is 1. The second-order valence-electron chi connectivity index (χ2n) is 4.20. The first-order chi connectivity index (χ1) is 9.56. The van der Waals surface area contributed by atoms with Crippen LogP contribution in [0.2, 0.25) is 5.02 Å². The van der Waals surface area contributed by atoms with Crippen LogP contribution in [0, 0.1) is 0 Å². The highest BCUT2D eigenvalue weighted by Crippen LogP contribution is 2.33. The Kier molecular flexibility index (Phi) is 4.62. The first-order valence-corrected chi connectivity index (χ1v) is 7.33. The molecule has 1 N–H and O–H groups in total. The zero-order valence-electron chi connectivity index (χ0n) is 11.1. The van der Waals surface area contributed by atoms with E-state index in [1.165, 1.54) is 11.3 Å². The molecule has 0 amide bonds. The van der Waals surface area contributed by atoms with Crippen molar-refractivity contribution in [2.45, 2.75) is 19.8 Å². The Morgan fingerprint density at radius 2 is 2.25 bits per heavy atom. The highest BCUT2D eigenvalue weighted by atomic mass is 35.5. The lowest BCUT2D eigenvalue weighted by Gasteiger charge is -2.03. The normalized spacial score (nSPS) is 10.6. The predicted molar refractivity (Wildman–Crippen MR) is 80.1 cm³/mol. The molecule has 2 aromatic rings. The second-order valence-corrected chi connectivity index (χ2v) is 5.61. The minimum atomic E-state index is -0.934. The highest BCUT2D eigenvalue weighted by molar-refractivity contribution is 7.17. The average molecular weight is 312 g/mol. The molecule has 0 aliphatic heterocycles. The number of halogens is 1. The average Bonchev–Trinajstić information content (AvgIpc) is 2.83. The maximum absolute atomic E-state index is 11.2. The summed E-state index contributed by atoms with van der Waals surface area (Å²) >= 11 is 7.26. The fraction of sp³-hybridized carbons (Fsp3) is 0.286. The number of carboxylic acids is 1. The summed E-state index contributed by atoms with van der Waals surface area (Å²) in [5.41, 5.74) is 1.43. The zero-order chi connectivity index (χ0) is 14.7. The fourth-order valence-corrected chi connectivity index (χ4v) is 3.05. The molecule has 0 fully saturated rings. The number of methoxy groups -OCH3 is 1. The van der Waals surface area contributed by atoms with Gasteiger partial charge in [-0.25, -0.2) is 9.78 Å². The lowest BCUT2D eigenvalue weighted by Crippen LogP contribution is -1.98. The van der Waals surface area contributed by atoms with Crippen LogP contribution in [0.5, 0.6) is 5.75 Å². The van der Waals surface area contributed by atoms with Crippen LogP contribution < -0.4 is 4.74 Å². The molecule has 2 rings (SSSR count). The van der Waals surface area contributed by atoms with E-state index in [1.54, 1.807) is 19.2 Å². The van der Waals surface area contributed by atoms with Crippen LogP contribution in [0.3, 0.4) is 0 Å². The van der Waals surface area contributed by atoms with Crippen molar-refractivity contribution in [2.24, 2.45) is 0 Å². The lowest BCUT2D eigenvalue weighted by atomic mass is 10.2. The minimum absolute atomic E-state index is 0.300. The van der Waals surface area contributed by atoms with Crippen molar-refractivity contribution in [3.63, 3.8) is 0 Å². The molecule has 106 valence electrons. The van der Waals surface area contributed by atoms with E-state index in [9.17, 15) is 9.90 Å². The van der Waals surface area contributed by atoms with Crippen molar-refractivity contribution in [2.75, 3.05) is 7.11 Å². The van der Waals surface area contributed by atoms with Gasteiger partial charge in [0.2, 0.25) is 0 Å². The van der Waals surface area contributed by atoms with E-state index in [0.717, 1.165) is 12.0 Å². The van der Waals surface area contributed by atoms with Crippen molar-refractivity contribution < 1.29 is 14.6 Å². The number of thiazole rings is 1. The van der Waals surface area contributed by atoms with Gasteiger partial charge in [0.15, 0.2) is 0 Å². The van der Waals surface area contributed by atoms with Crippen LogP contribution in [-0.2, 0) is 6.42 Å². The number of benzene rings is 1. The Bertz CT molecular complexity index is 639. The van der Waals surface area contributed by atoms with Gasteiger partial charge in [-0.15, -0.1) is 11.3 Å². The van der Waals surface area contributed by atoms with Gasteiger partial charge in [-0.1, -0.05) is 24.9 Å². The monoisotopic (exact) mass is 311 g/mol. The molecular formula is C14H14ClNO3S. The van der Waals surface area contributed by atoms with E-state index >= 15 is 0 Å². The van der Waals surface area contributed by atoms with Gasteiger partial charge in [0.25, 0.3) is 0 Å². The number of hydrogen-bond acceptors (Lipinski definition) is 4. The number of rotatable bonds is 5. The molecule has 0 spiro atoms. The van der Waals surface area contributed by atoms with Gasteiger partial charge in [-0.2, -0.15) is 0 Å². The van der Waals surface area contributed by atoms with Crippen LogP contribution >= 0.6 is 22.9 Å². The molecule has 4 nitrogen and oxygen atoms in total. The summed E-state index contributed by atoms with van der Waals surface area (Å²) < 4.78 is 5.10. The van der Waals surface area contributed by atoms with Gasteiger partial charge in [0.05, 0.1) is 17.8 Å². The van der Waals surface area contributed by atoms with E-state index in [0.29, 0.717) is 32.8 Å². The van der Waals surface area contributed by atoms with Crippen molar-refractivity contribution in [3.8, 4) is 16.3 Å². The van der Waals surface area contributed by atoms with Crippen LogP contribution in [0.1, 0.15) is 28.7 Å². The third-order valence-corrected chi connectivity index (χ3v) is 4.21. The molecule has 0 unspecified atom stereocenters. The number of ether oxygens (including phenoxy) is 1. The van der Waals surface area contributed by atoms with Crippen LogP contribution in [-0.4, -0.2) is 23.2 Å². The number of hydrogen-bond donors (Lipinski definition) is 1. The van der Waals surface area contributed by atoms with Gasteiger partial charge in [-0.05, 0) is 24.6 Å². The van der Waals surface area contributed by atoms with E-state index in [4.69, 9.17) is 16.3 Å². The Morgan fingerprint density at radius 1 is 1.50 bits per heavy atom. The van der Waals surface area contributed by atoms with Gasteiger partial charge >= 0.3 is 5.97 Å². The molecule has 0 aliphatic rings. The first kappa shape index (κ1) is 14.8. The van der Waals surface area contributed by atoms with Gasteiger partial charge < -0.3 is 9.84 Å². The van der Waals surface area contributed by atoms with Crippen LogP contribution in [0.15, 0.2) is 18.2 Å². The Morgan fingerprint density at radius 3 is 2.80 bits per heavy atom. The molecule has 0 aliphatic carbocycles. The summed E-state index contributed by atoms with van der Waals surface area (Å²) in [5.74, 6) is -0.351. The number of carboxylic acid groups (broad SMARTS) is 1. The Labute approximate surface area is 126 Å². The standard InChI is InChI=1S/C14H14ClNO3S/c1-3-4-10-12(14(17)18)20-13(16-10)8-5-6-11(19-2)9(15)7-8/h5-7H,3-4H2,1-2H3,(H,17,18). The molecule has 0 atom stereocenters. The van der Waals surface area contributed by atoms with Gasteiger partial charge in [0, 0.05) is 5.56 Å². The summed E-state index contributed by atoms with van der Waals surface area (Å²) in [6, 6.07) is 5.31. The number of aromatic nitrogens is 1. The van der Waals surface area contributed by atoms with Crippen molar-refractivity contribution >= 4 is 28.9 Å². The maximum atomic E-state index is 11.2. The van der Waals surface area contributed by atoms with E-state index in [-0.39, 0.29) is 0 Å². The summed E-state index contributed by atoms with van der Waals surface area (Å²) in [5, 5.41) is 10.4. The molecule has 0 saturated heterocycles. The smallest absolute Gasteiger partial charge is 0.347 e. The Hall–Kier alpha value is -1.59. The molecule has 20 heavy (non-hydrogen) atoms. The number of aromatic carboxylic acids is 1. The highest BCUT2D eigenvalue weighted by Gasteiger charge is 2.18. The van der Waals surface area contributed by atoms with E-state index in [2.05, 4.69) is 4.98 Å². The molecular weight excluding hydrogens is 298 g/mol. The fourth-order valence-electron chi connectivity index (χ4n) is 1.85. The largest absolute Gasteiger partial charge is 0.495 e. The molecule has 0 radical (unpaired) electrons. The third kappa shape index (κ3) is 2.94. The molecule has 1 heterocycles. The maximum Gasteiger partial charge on any atom is 0.347 e. The SMILES string of the molecule is CCCc1nc(-c2ccc(OC)c(Cl)c2)sc1C(=O)O. The van der Waals surface area contributed by atoms with E-state index < -0.39 is 5.97 Å². The van der Waals surface area contributed by atoms with Crippen molar-refractivity contribution in [3.05, 3.63) is 33.8 Å². The minimum Gasteiger partial charge on any atom is -0.495 e. The van der Waals surface area contributed by atoms with Gasteiger partial charge in [-0.3, -0.25) is 0 Å². The zero-order valence-corrected chi connectivity index (χ0v) is 12.7. The number of nitrogens with zero attached hydrogens (tertiary/aromatic N) is 1. The summed E-state index contributed by atoms with van der Waals surface area (Å²) in [7, 11) is 1.55. The summed E-state index contributed by atoms with van der Waals surface area (Å²) in [6.07, 6.45) is 1.51. The van der Waals surface area contributed by atoms with Crippen molar-refractivity contribution in [1.29, 1.82) is 0 Å². The topological polar surface area (TPSA) is 59.4 Å². The third-order valence-electron chi connectivity index (χ3n) is 2.78. The van der Waals surface area contributed by atoms with Crippen molar-refractivity contribution in [1.82, 2.24) is 4.98 Å². The molecule has 1 aromatic carbocycles. The first-order valence-electron chi connectivity index (χ1n) is 6.13.